The van der Waals surface area contributed by atoms with E-state index in [4.69, 9.17) is 21.1 Å². The van der Waals surface area contributed by atoms with Gasteiger partial charge in [0.05, 0.1) is 13.7 Å². The van der Waals surface area contributed by atoms with Gasteiger partial charge in [0.1, 0.15) is 28.2 Å². The van der Waals surface area contributed by atoms with Crippen LogP contribution in [-0.4, -0.2) is 48.6 Å². The van der Waals surface area contributed by atoms with Gasteiger partial charge in [0, 0.05) is 54.8 Å². The standard InChI is InChI=1S/C44H46ClF2N3O4/c1-27-31(11-6-12-39(27)53-2)26-50(35-17-18-35)44(52)41-36(24-34-20-32(21-38(41)49-34)43(51)48-25-29-8-4-3-5-9-29)30-15-13-28(14-16-30)10-7-19-54-40-23-33(46)22-37(47)42(40)45/h3-6,8-9,11-16,22-23,32,34-35,38,49H,7,10,17-21,24-26H2,1-2H3,(H,48,51). The summed E-state index contributed by atoms with van der Waals surface area (Å²) in [5.74, 6) is -0.981. The SMILES string of the molecule is COc1cccc(CN(C(=O)C2=C(c3ccc(CCCOc4cc(F)cc(F)c4Cl)cc3)CC3CC(C(=O)NCc4ccccc4)CC2N3)C2CC2)c1C. The molecule has 10 heteroatoms. The van der Waals surface area contributed by atoms with Crippen LogP contribution in [0.4, 0.5) is 8.78 Å². The largest absolute Gasteiger partial charge is 0.496 e. The second-order valence-electron chi connectivity index (χ2n) is 14.6. The lowest BCUT2D eigenvalue weighted by Crippen LogP contribution is -2.55. The second-order valence-corrected chi connectivity index (χ2v) is 15.0. The molecule has 0 radical (unpaired) electrons. The number of amides is 2. The minimum atomic E-state index is -0.853. The minimum Gasteiger partial charge on any atom is -0.496 e. The molecular formula is C44H46ClF2N3O4. The number of hydrogen-bond donors (Lipinski definition) is 2. The van der Waals surface area contributed by atoms with Crippen LogP contribution in [0.5, 0.6) is 11.5 Å². The molecule has 7 rings (SSSR count). The fourth-order valence-electron chi connectivity index (χ4n) is 7.86. The monoisotopic (exact) mass is 753 g/mol. The summed E-state index contributed by atoms with van der Waals surface area (Å²) < 4.78 is 38.7. The van der Waals surface area contributed by atoms with Crippen LogP contribution in [0.1, 0.15) is 66.3 Å². The van der Waals surface area contributed by atoms with Crippen molar-refractivity contribution in [2.45, 2.75) is 83.1 Å². The van der Waals surface area contributed by atoms with Crippen molar-refractivity contribution in [1.82, 2.24) is 15.5 Å². The van der Waals surface area contributed by atoms with Crippen LogP contribution < -0.4 is 20.1 Å². The van der Waals surface area contributed by atoms with Crippen LogP contribution in [0.3, 0.4) is 0 Å². The molecule has 2 heterocycles. The molecule has 1 saturated carbocycles. The number of carbonyl (C=O) groups excluding carboxylic acids is 2. The number of halogens is 3. The van der Waals surface area contributed by atoms with Gasteiger partial charge in [0.2, 0.25) is 5.91 Å². The van der Waals surface area contributed by atoms with E-state index in [1.54, 1.807) is 7.11 Å². The Kier molecular flexibility index (Phi) is 11.6. The molecule has 1 saturated heterocycles. The fraction of sp³-hybridized carbons (Fsp3) is 0.364. The van der Waals surface area contributed by atoms with Gasteiger partial charge in [-0.3, -0.25) is 9.59 Å². The lowest BCUT2D eigenvalue weighted by Gasteiger charge is -2.43. The second kappa shape index (κ2) is 16.7. The third-order valence-corrected chi connectivity index (χ3v) is 11.3. The fourth-order valence-corrected chi connectivity index (χ4v) is 8.03. The van der Waals surface area contributed by atoms with Gasteiger partial charge in [0.15, 0.2) is 0 Å². The van der Waals surface area contributed by atoms with Crippen LogP contribution in [0.2, 0.25) is 5.02 Å². The highest BCUT2D eigenvalue weighted by Crippen LogP contribution is 2.41. The highest BCUT2D eigenvalue weighted by molar-refractivity contribution is 6.32. The molecule has 2 amide bonds. The number of aryl methyl sites for hydroxylation is 1. The van der Waals surface area contributed by atoms with E-state index in [-0.39, 0.29) is 53.2 Å². The predicted octanol–water partition coefficient (Wildman–Crippen LogP) is 8.35. The molecule has 3 unspecified atom stereocenters. The Morgan fingerprint density at radius 2 is 1.72 bits per heavy atom. The average molecular weight is 754 g/mol. The summed E-state index contributed by atoms with van der Waals surface area (Å²) in [4.78, 5) is 30.6. The molecule has 2 bridgehead atoms. The first-order valence-electron chi connectivity index (χ1n) is 18.8. The van der Waals surface area contributed by atoms with Gasteiger partial charge in [-0.2, -0.15) is 0 Å². The van der Waals surface area contributed by atoms with Crippen molar-refractivity contribution in [2.24, 2.45) is 5.92 Å². The van der Waals surface area contributed by atoms with Crippen LogP contribution in [0.25, 0.3) is 5.57 Å². The lowest BCUT2D eigenvalue weighted by molar-refractivity contribution is -0.130. The quantitative estimate of drug-likeness (QED) is 0.100. The molecule has 2 N–H and O–H groups in total. The highest BCUT2D eigenvalue weighted by Gasteiger charge is 2.44. The number of nitrogens with one attached hydrogen (secondary N) is 2. The number of hydrogen-bond acceptors (Lipinski definition) is 5. The molecule has 3 aliphatic rings. The third-order valence-electron chi connectivity index (χ3n) is 10.9. The number of nitrogens with zero attached hydrogens (tertiary/aromatic N) is 1. The van der Waals surface area contributed by atoms with Gasteiger partial charge >= 0.3 is 0 Å². The van der Waals surface area contributed by atoms with Crippen LogP contribution in [0.15, 0.2) is 90.5 Å². The molecule has 0 aromatic heterocycles. The average Bonchev–Trinajstić information content (AvgIpc) is 4.02. The summed E-state index contributed by atoms with van der Waals surface area (Å²) in [5.41, 5.74) is 6.98. The topological polar surface area (TPSA) is 79.9 Å². The third kappa shape index (κ3) is 8.63. The number of benzene rings is 4. The van der Waals surface area contributed by atoms with Crippen LogP contribution >= 0.6 is 11.6 Å². The Bertz CT molecular complexity index is 2020. The van der Waals surface area contributed by atoms with E-state index in [0.29, 0.717) is 45.2 Å². The van der Waals surface area contributed by atoms with Crippen molar-refractivity contribution >= 4 is 29.0 Å². The first-order valence-corrected chi connectivity index (χ1v) is 19.2. The molecule has 54 heavy (non-hydrogen) atoms. The number of fused-ring (bicyclic) bond motifs is 2. The van der Waals surface area contributed by atoms with Crippen molar-refractivity contribution in [2.75, 3.05) is 13.7 Å². The smallest absolute Gasteiger partial charge is 0.252 e. The van der Waals surface area contributed by atoms with E-state index >= 15 is 0 Å². The van der Waals surface area contributed by atoms with Crippen molar-refractivity contribution < 1.29 is 27.8 Å². The minimum absolute atomic E-state index is 0.0113. The summed E-state index contributed by atoms with van der Waals surface area (Å²) in [6.07, 6.45) is 5.08. The van der Waals surface area contributed by atoms with Crippen molar-refractivity contribution in [3.63, 3.8) is 0 Å². The van der Waals surface area contributed by atoms with E-state index in [0.717, 1.165) is 69.7 Å². The number of methoxy groups -OCH3 is 1. The maximum absolute atomic E-state index is 15.0. The van der Waals surface area contributed by atoms with Gasteiger partial charge in [-0.15, -0.1) is 0 Å². The van der Waals surface area contributed by atoms with Gasteiger partial charge in [-0.1, -0.05) is 78.3 Å². The van der Waals surface area contributed by atoms with Crippen LogP contribution in [-0.2, 0) is 29.1 Å². The molecule has 0 spiro atoms. The van der Waals surface area contributed by atoms with E-state index < -0.39 is 11.6 Å². The summed E-state index contributed by atoms with van der Waals surface area (Å²) in [6, 6.07) is 25.9. The first kappa shape index (κ1) is 37.6. The molecule has 4 aromatic rings. The van der Waals surface area contributed by atoms with Gasteiger partial charge < -0.3 is 25.0 Å². The Labute approximate surface area is 320 Å². The zero-order chi connectivity index (χ0) is 37.8. The van der Waals surface area contributed by atoms with Gasteiger partial charge in [-0.05, 0) is 91.3 Å². The highest BCUT2D eigenvalue weighted by atomic mass is 35.5. The molecular weight excluding hydrogens is 708 g/mol. The van der Waals surface area contributed by atoms with E-state index in [1.165, 1.54) is 0 Å². The Hall–Kier alpha value is -4.73. The lowest BCUT2D eigenvalue weighted by atomic mass is 9.74. The first-order chi connectivity index (χ1) is 26.2. The zero-order valence-corrected chi connectivity index (χ0v) is 31.4. The van der Waals surface area contributed by atoms with E-state index in [9.17, 15) is 18.4 Å². The van der Waals surface area contributed by atoms with E-state index in [2.05, 4.69) is 41.0 Å². The molecule has 2 fully saturated rings. The number of piperidine rings is 1. The van der Waals surface area contributed by atoms with Crippen LogP contribution in [0, 0.1) is 24.5 Å². The Balaban J connectivity index is 1.12. The van der Waals surface area contributed by atoms with Crippen molar-refractivity contribution in [3.05, 3.63) is 135 Å². The summed E-state index contributed by atoms with van der Waals surface area (Å²) >= 11 is 5.95. The zero-order valence-electron chi connectivity index (χ0n) is 30.7. The molecule has 4 aromatic carbocycles. The molecule has 3 atom stereocenters. The van der Waals surface area contributed by atoms with Crippen molar-refractivity contribution in [1.29, 1.82) is 0 Å². The molecule has 7 nitrogen and oxygen atoms in total. The molecule has 1 aliphatic carbocycles. The number of carbonyl (C=O) groups is 2. The summed E-state index contributed by atoms with van der Waals surface area (Å²) in [6.45, 7) is 3.23. The maximum atomic E-state index is 15.0. The molecule has 282 valence electrons. The van der Waals surface area contributed by atoms with Gasteiger partial charge in [0.25, 0.3) is 5.91 Å². The summed E-state index contributed by atoms with van der Waals surface area (Å²) in [7, 11) is 1.66. The normalized spacial score (nSPS) is 19.3. The maximum Gasteiger partial charge on any atom is 0.252 e. The van der Waals surface area contributed by atoms with E-state index in [1.807, 2.05) is 54.3 Å². The van der Waals surface area contributed by atoms with Gasteiger partial charge in [-0.25, -0.2) is 8.78 Å². The van der Waals surface area contributed by atoms with Crippen molar-refractivity contribution in [3.8, 4) is 11.5 Å². The predicted molar refractivity (Wildman–Crippen MR) is 206 cm³/mol. The molecule has 2 aliphatic heterocycles. The Morgan fingerprint density at radius 1 is 0.944 bits per heavy atom. The summed E-state index contributed by atoms with van der Waals surface area (Å²) in [5, 5.41) is 6.66. The Morgan fingerprint density at radius 3 is 2.46 bits per heavy atom. The number of rotatable bonds is 14. The number of ether oxygens (including phenoxy) is 2.